The Labute approximate surface area is 105 Å². The lowest BCUT2D eigenvalue weighted by molar-refractivity contribution is -0.138. The Kier molecular flexibility index (Phi) is 4.30. The van der Waals surface area contributed by atoms with E-state index >= 15 is 0 Å². The molecule has 1 aromatic heterocycles. The van der Waals surface area contributed by atoms with E-state index in [1.807, 2.05) is 0 Å². The Hall–Kier alpha value is -2.32. The van der Waals surface area contributed by atoms with Crippen LogP contribution in [0, 0.1) is 0 Å². The van der Waals surface area contributed by atoms with Crippen molar-refractivity contribution in [2.75, 3.05) is 19.0 Å². The molecule has 0 unspecified atom stereocenters. The van der Waals surface area contributed by atoms with Gasteiger partial charge in [0.1, 0.15) is 12.4 Å². The number of hydrogen-bond donors (Lipinski definition) is 2. The number of carboxylic acid groups (broad SMARTS) is 1. The number of aliphatic carboxylic acids is 1. The molecule has 19 heavy (non-hydrogen) atoms. The number of ether oxygens (including phenoxy) is 1. The van der Waals surface area contributed by atoms with Crippen LogP contribution in [-0.2, 0) is 15.7 Å². The van der Waals surface area contributed by atoms with Crippen LogP contribution in [0.4, 0.5) is 19.0 Å². The average molecular weight is 278 g/mol. The molecule has 0 radical (unpaired) electrons. The summed E-state index contributed by atoms with van der Waals surface area (Å²) in [5.74, 6) is -2.74. The van der Waals surface area contributed by atoms with Crippen LogP contribution in [0.25, 0.3) is 0 Å². The van der Waals surface area contributed by atoms with E-state index < -0.39 is 35.8 Å². The van der Waals surface area contributed by atoms with Gasteiger partial charge in [0.15, 0.2) is 0 Å². The molecule has 0 aromatic carbocycles. The molecule has 104 valence electrons. The fraction of sp³-hybridized carbons (Fsp3) is 0.300. The van der Waals surface area contributed by atoms with Crippen LogP contribution in [0.1, 0.15) is 15.9 Å². The number of alkyl halides is 3. The highest BCUT2D eigenvalue weighted by Gasteiger charge is 2.36. The zero-order chi connectivity index (χ0) is 14.6. The van der Waals surface area contributed by atoms with Gasteiger partial charge in [-0.05, 0) is 6.07 Å². The van der Waals surface area contributed by atoms with Gasteiger partial charge in [-0.1, -0.05) is 0 Å². The summed E-state index contributed by atoms with van der Waals surface area (Å²) in [5, 5.41) is 10.6. The first-order chi connectivity index (χ1) is 8.75. The smallest absolute Gasteiger partial charge is 0.417 e. The quantitative estimate of drug-likeness (QED) is 0.809. The van der Waals surface area contributed by atoms with Crippen molar-refractivity contribution >= 4 is 17.8 Å². The first-order valence-electron chi connectivity index (χ1n) is 4.87. The first-order valence-corrected chi connectivity index (χ1v) is 4.87. The van der Waals surface area contributed by atoms with Crippen molar-refractivity contribution in [3.8, 4) is 0 Å². The maximum atomic E-state index is 12.7. The topological polar surface area (TPSA) is 88.5 Å². The molecular weight excluding hydrogens is 269 g/mol. The predicted molar refractivity (Wildman–Crippen MR) is 56.7 cm³/mol. The third-order valence-electron chi connectivity index (χ3n) is 2.04. The van der Waals surface area contributed by atoms with Crippen LogP contribution in [0.15, 0.2) is 12.3 Å². The van der Waals surface area contributed by atoms with E-state index in [4.69, 9.17) is 5.11 Å². The summed E-state index contributed by atoms with van der Waals surface area (Å²) in [6, 6.07) is 0.551. The highest BCUT2D eigenvalue weighted by atomic mass is 19.4. The molecule has 6 nitrogen and oxygen atoms in total. The van der Waals surface area contributed by atoms with Crippen molar-refractivity contribution in [2.24, 2.45) is 0 Å². The standard InChI is InChI=1S/C10H9F3N2O4/c1-19-9(18)5-3-14-7(15-4-8(16)17)2-6(5)10(11,12)13/h2-3H,4H2,1H3,(H,14,15)(H,16,17). The molecule has 9 heteroatoms. The predicted octanol–water partition coefficient (Wildman–Crippen LogP) is 1.38. The van der Waals surface area contributed by atoms with E-state index in [2.05, 4.69) is 15.0 Å². The molecule has 0 spiro atoms. The fourth-order valence-electron chi connectivity index (χ4n) is 1.23. The summed E-state index contributed by atoms with van der Waals surface area (Å²) in [7, 11) is 0.944. The van der Waals surface area contributed by atoms with Gasteiger partial charge in [0.2, 0.25) is 0 Å². The molecule has 0 aliphatic heterocycles. The number of esters is 1. The molecule has 0 aliphatic rings. The first kappa shape index (κ1) is 14.7. The van der Waals surface area contributed by atoms with Crippen LogP contribution in [0.3, 0.4) is 0 Å². The Morgan fingerprint density at radius 3 is 2.58 bits per heavy atom. The van der Waals surface area contributed by atoms with Crippen molar-refractivity contribution < 1.29 is 32.6 Å². The van der Waals surface area contributed by atoms with Gasteiger partial charge in [-0.2, -0.15) is 13.2 Å². The van der Waals surface area contributed by atoms with Gasteiger partial charge in [0.25, 0.3) is 0 Å². The number of nitrogens with zero attached hydrogens (tertiary/aromatic N) is 1. The third-order valence-corrected chi connectivity index (χ3v) is 2.04. The van der Waals surface area contributed by atoms with Gasteiger partial charge in [0.05, 0.1) is 18.2 Å². The number of carboxylic acids is 1. The number of rotatable bonds is 4. The third kappa shape index (κ3) is 3.83. The number of halogens is 3. The van der Waals surface area contributed by atoms with Gasteiger partial charge in [-0.25, -0.2) is 9.78 Å². The Morgan fingerprint density at radius 1 is 1.47 bits per heavy atom. The van der Waals surface area contributed by atoms with Crippen molar-refractivity contribution in [1.29, 1.82) is 0 Å². The number of pyridine rings is 1. The Morgan fingerprint density at radius 2 is 2.11 bits per heavy atom. The molecule has 0 amide bonds. The van der Waals surface area contributed by atoms with Crippen LogP contribution in [0.2, 0.25) is 0 Å². The van der Waals surface area contributed by atoms with Crippen LogP contribution >= 0.6 is 0 Å². The van der Waals surface area contributed by atoms with Crippen LogP contribution in [0.5, 0.6) is 0 Å². The summed E-state index contributed by atoms with van der Waals surface area (Å²) < 4.78 is 42.4. The maximum absolute atomic E-state index is 12.7. The molecule has 0 aliphatic carbocycles. The van der Waals surface area contributed by atoms with E-state index in [9.17, 15) is 22.8 Å². The molecule has 0 fully saturated rings. The van der Waals surface area contributed by atoms with Gasteiger partial charge in [0, 0.05) is 6.20 Å². The van der Waals surface area contributed by atoms with Crippen LogP contribution < -0.4 is 5.32 Å². The van der Waals surface area contributed by atoms with E-state index in [0.717, 1.165) is 7.11 Å². The van der Waals surface area contributed by atoms with Gasteiger partial charge < -0.3 is 15.2 Å². The van der Waals surface area contributed by atoms with Crippen molar-refractivity contribution in [3.05, 3.63) is 23.4 Å². The molecule has 2 N–H and O–H groups in total. The minimum Gasteiger partial charge on any atom is -0.480 e. The molecule has 0 bridgehead atoms. The highest BCUT2D eigenvalue weighted by molar-refractivity contribution is 5.91. The van der Waals surface area contributed by atoms with Crippen LogP contribution in [-0.4, -0.2) is 35.7 Å². The summed E-state index contributed by atoms with van der Waals surface area (Å²) in [6.45, 7) is -0.595. The molecule has 0 saturated heterocycles. The molecule has 0 saturated carbocycles. The molecular formula is C10H9F3N2O4. The fourth-order valence-corrected chi connectivity index (χ4v) is 1.23. The van der Waals surface area contributed by atoms with E-state index in [1.54, 1.807) is 0 Å². The zero-order valence-corrected chi connectivity index (χ0v) is 9.61. The number of hydrogen-bond acceptors (Lipinski definition) is 5. The lowest BCUT2D eigenvalue weighted by Gasteiger charge is -2.12. The number of anilines is 1. The second-order valence-corrected chi connectivity index (χ2v) is 3.35. The SMILES string of the molecule is COC(=O)c1cnc(NCC(=O)O)cc1C(F)(F)F. The second-order valence-electron chi connectivity index (χ2n) is 3.35. The summed E-state index contributed by atoms with van der Waals surface area (Å²) in [5.41, 5.74) is -1.99. The lowest BCUT2D eigenvalue weighted by atomic mass is 10.1. The number of methoxy groups -OCH3 is 1. The second kappa shape index (κ2) is 5.55. The zero-order valence-electron chi connectivity index (χ0n) is 9.61. The van der Waals surface area contributed by atoms with Gasteiger partial charge in [-0.3, -0.25) is 4.79 Å². The summed E-state index contributed by atoms with van der Waals surface area (Å²) in [6.07, 6.45) is -4.11. The minimum absolute atomic E-state index is 0.303. The normalized spacial score (nSPS) is 10.9. The van der Waals surface area contributed by atoms with Gasteiger partial charge >= 0.3 is 18.1 Å². The van der Waals surface area contributed by atoms with Crippen molar-refractivity contribution in [1.82, 2.24) is 4.98 Å². The summed E-state index contributed by atoms with van der Waals surface area (Å²) in [4.78, 5) is 25.0. The molecule has 1 rings (SSSR count). The monoisotopic (exact) mass is 278 g/mol. The molecule has 0 atom stereocenters. The van der Waals surface area contributed by atoms with E-state index in [0.29, 0.717) is 12.3 Å². The number of carbonyl (C=O) groups is 2. The largest absolute Gasteiger partial charge is 0.480 e. The number of carbonyl (C=O) groups excluding carboxylic acids is 1. The van der Waals surface area contributed by atoms with Crippen molar-refractivity contribution in [2.45, 2.75) is 6.18 Å². The lowest BCUT2D eigenvalue weighted by Crippen LogP contribution is -2.18. The average Bonchev–Trinajstić information content (AvgIpc) is 2.34. The minimum atomic E-state index is -4.79. The van der Waals surface area contributed by atoms with E-state index in [-0.39, 0.29) is 5.82 Å². The van der Waals surface area contributed by atoms with E-state index in [1.165, 1.54) is 0 Å². The molecule has 1 heterocycles. The Bertz CT molecular complexity index is 502. The number of nitrogens with one attached hydrogen (secondary N) is 1. The highest BCUT2D eigenvalue weighted by Crippen LogP contribution is 2.33. The van der Waals surface area contributed by atoms with Crippen molar-refractivity contribution in [3.63, 3.8) is 0 Å². The summed E-state index contributed by atoms with van der Waals surface area (Å²) >= 11 is 0. The maximum Gasteiger partial charge on any atom is 0.417 e. The Balaban J connectivity index is 3.16. The van der Waals surface area contributed by atoms with Gasteiger partial charge in [-0.15, -0.1) is 0 Å². The number of aromatic nitrogens is 1. The molecule has 1 aromatic rings.